The first-order valence-corrected chi connectivity index (χ1v) is 5.56. The van der Waals surface area contributed by atoms with Crippen LogP contribution in [0.15, 0.2) is 30.3 Å². The predicted octanol–water partition coefficient (Wildman–Crippen LogP) is 2.14. The van der Waals surface area contributed by atoms with Crippen LogP contribution >= 0.6 is 12.6 Å². The molecular formula is C11H17NS. The fraction of sp³-hybridized carbons (Fsp3) is 0.455. The highest BCUT2D eigenvalue weighted by Gasteiger charge is 2.15. The lowest BCUT2D eigenvalue weighted by molar-refractivity contribution is 0.369. The number of rotatable bonds is 2. The predicted molar refractivity (Wildman–Crippen MR) is 61.5 cm³/mol. The maximum Gasteiger partial charge on any atom is 0.0120 e. The monoisotopic (exact) mass is 195 g/mol. The molecule has 0 amide bonds. The van der Waals surface area contributed by atoms with Gasteiger partial charge in [-0.05, 0) is 31.2 Å². The molecule has 1 aliphatic rings. The lowest BCUT2D eigenvalue weighted by atomic mass is 9.98. The second-order valence-electron chi connectivity index (χ2n) is 3.13. The van der Waals surface area contributed by atoms with Crippen LogP contribution in [0.4, 0.5) is 0 Å². The first-order chi connectivity index (χ1) is 6.45. The molecule has 0 saturated carbocycles. The van der Waals surface area contributed by atoms with E-state index in [2.05, 4.69) is 48.3 Å². The van der Waals surface area contributed by atoms with E-state index in [-0.39, 0.29) is 0 Å². The first kappa shape index (κ1) is 10.6. The molecule has 1 fully saturated rings. The Hall–Kier alpha value is -0.470. The molecule has 1 aliphatic heterocycles. The van der Waals surface area contributed by atoms with Gasteiger partial charge in [0.1, 0.15) is 0 Å². The van der Waals surface area contributed by atoms with E-state index in [4.69, 9.17) is 0 Å². The van der Waals surface area contributed by atoms with Crippen LogP contribution < -0.4 is 5.32 Å². The van der Waals surface area contributed by atoms with Crippen molar-refractivity contribution in [1.82, 2.24) is 5.32 Å². The fourth-order valence-electron chi connectivity index (χ4n) is 1.42. The van der Waals surface area contributed by atoms with Crippen LogP contribution in [0.2, 0.25) is 0 Å². The largest absolute Gasteiger partial charge is 0.314 e. The SMILES string of the molecule is CS.c1ccc(CC2CCN2)cc1. The third-order valence-electron chi connectivity index (χ3n) is 2.25. The molecule has 1 aromatic carbocycles. The van der Waals surface area contributed by atoms with E-state index in [1.807, 2.05) is 0 Å². The Balaban J connectivity index is 0.000000396. The van der Waals surface area contributed by atoms with Crippen molar-refractivity contribution in [3.8, 4) is 0 Å². The minimum Gasteiger partial charge on any atom is -0.314 e. The summed E-state index contributed by atoms with van der Waals surface area (Å²) in [4.78, 5) is 0. The molecule has 1 nitrogen and oxygen atoms in total. The zero-order valence-corrected chi connectivity index (χ0v) is 8.93. The summed E-state index contributed by atoms with van der Waals surface area (Å²) in [5.74, 6) is 0. The number of thiol groups is 1. The molecule has 72 valence electrons. The van der Waals surface area contributed by atoms with Crippen molar-refractivity contribution in [2.45, 2.75) is 18.9 Å². The molecule has 1 atom stereocenters. The molecule has 0 radical (unpaired) electrons. The normalized spacial score (nSPS) is 19.7. The summed E-state index contributed by atoms with van der Waals surface area (Å²) in [5, 5.41) is 3.39. The van der Waals surface area contributed by atoms with Gasteiger partial charge in [0.25, 0.3) is 0 Å². The van der Waals surface area contributed by atoms with Gasteiger partial charge in [-0.25, -0.2) is 0 Å². The molecule has 13 heavy (non-hydrogen) atoms. The van der Waals surface area contributed by atoms with E-state index in [0.29, 0.717) is 0 Å². The highest BCUT2D eigenvalue weighted by atomic mass is 32.1. The summed E-state index contributed by atoms with van der Waals surface area (Å²) in [6.45, 7) is 1.21. The summed E-state index contributed by atoms with van der Waals surface area (Å²) >= 11 is 3.53. The maximum atomic E-state index is 3.53. The Bertz CT molecular complexity index is 219. The van der Waals surface area contributed by atoms with Crippen LogP contribution in [-0.2, 0) is 6.42 Å². The Morgan fingerprint density at radius 3 is 2.38 bits per heavy atom. The molecule has 0 aromatic heterocycles. The van der Waals surface area contributed by atoms with Gasteiger partial charge in [0.15, 0.2) is 0 Å². The summed E-state index contributed by atoms with van der Waals surface area (Å²) in [7, 11) is 0. The van der Waals surface area contributed by atoms with E-state index >= 15 is 0 Å². The Labute approximate surface area is 86.0 Å². The van der Waals surface area contributed by atoms with Gasteiger partial charge in [0.2, 0.25) is 0 Å². The topological polar surface area (TPSA) is 12.0 Å². The van der Waals surface area contributed by atoms with Gasteiger partial charge < -0.3 is 5.32 Å². The quantitative estimate of drug-likeness (QED) is 0.689. The molecule has 2 heteroatoms. The molecule has 1 N–H and O–H groups in total. The molecule has 0 bridgehead atoms. The van der Waals surface area contributed by atoms with Crippen LogP contribution in [0.5, 0.6) is 0 Å². The third kappa shape index (κ3) is 3.41. The Morgan fingerprint density at radius 1 is 1.31 bits per heavy atom. The first-order valence-electron chi connectivity index (χ1n) is 4.67. The van der Waals surface area contributed by atoms with Crippen LogP contribution in [0.3, 0.4) is 0 Å². The summed E-state index contributed by atoms with van der Waals surface area (Å²) < 4.78 is 0. The molecule has 1 saturated heterocycles. The van der Waals surface area contributed by atoms with Crippen molar-refractivity contribution in [2.24, 2.45) is 0 Å². The number of hydrogen-bond acceptors (Lipinski definition) is 2. The van der Waals surface area contributed by atoms with E-state index in [1.165, 1.54) is 24.9 Å². The average molecular weight is 195 g/mol. The molecule has 1 aromatic rings. The minimum absolute atomic E-state index is 0.748. The second kappa shape index (κ2) is 6.06. The Kier molecular flexibility index (Phi) is 4.94. The van der Waals surface area contributed by atoms with E-state index < -0.39 is 0 Å². The van der Waals surface area contributed by atoms with Gasteiger partial charge in [0.05, 0.1) is 0 Å². The van der Waals surface area contributed by atoms with Crippen LogP contribution in [-0.4, -0.2) is 18.8 Å². The van der Waals surface area contributed by atoms with Gasteiger partial charge in [-0.1, -0.05) is 30.3 Å². The number of nitrogens with one attached hydrogen (secondary N) is 1. The van der Waals surface area contributed by atoms with Gasteiger partial charge >= 0.3 is 0 Å². The molecule has 0 aliphatic carbocycles. The van der Waals surface area contributed by atoms with Crippen molar-refractivity contribution in [2.75, 3.05) is 12.8 Å². The standard InChI is InChI=1S/C10H13N.CH4S/c1-2-4-9(5-3-1)8-10-6-7-11-10;1-2/h1-5,10-11H,6-8H2;2H,1H3. The van der Waals surface area contributed by atoms with Crippen LogP contribution in [0.1, 0.15) is 12.0 Å². The summed E-state index contributed by atoms with van der Waals surface area (Å²) in [6, 6.07) is 11.4. The van der Waals surface area contributed by atoms with Crippen molar-refractivity contribution >= 4 is 12.6 Å². The second-order valence-corrected chi connectivity index (χ2v) is 3.13. The van der Waals surface area contributed by atoms with E-state index in [0.717, 1.165) is 6.04 Å². The van der Waals surface area contributed by atoms with Crippen molar-refractivity contribution in [1.29, 1.82) is 0 Å². The average Bonchev–Trinajstić information content (AvgIpc) is 2.17. The highest BCUT2D eigenvalue weighted by molar-refractivity contribution is 7.79. The van der Waals surface area contributed by atoms with Crippen LogP contribution in [0, 0.1) is 0 Å². The summed E-state index contributed by atoms with van der Waals surface area (Å²) in [6.07, 6.45) is 4.23. The van der Waals surface area contributed by atoms with Crippen LogP contribution in [0.25, 0.3) is 0 Å². The van der Waals surface area contributed by atoms with Crippen molar-refractivity contribution in [3.05, 3.63) is 35.9 Å². The maximum absolute atomic E-state index is 3.53. The molecule has 0 spiro atoms. The van der Waals surface area contributed by atoms with Gasteiger partial charge in [-0.15, -0.1) is 0 Å². The molecule has 2 rings (SSSR count). The Morgan fingerprint density at radius 2 is 1.92 bits per heavy atom. The third-order valence-corrected chi connectivity index (χ3v) is 2.25. The zero-order valence-electron chi connectivity index (χ0n) is 8.03. The highest BCUT2D eigenvalue weighted by Crippen LogP contribution is 2.09. The lowest BCUT2D eigenvalue weighted by Crippen LogP contribution is -2.44. The number of benzene rings is 1. The minimum atomic E-state index is 0.748. The van der Waals surface area contributed by atoms with Gasteiger partial charge in [-0.2, -0.15) is 12.6 Å². The number of hydrogen-bond donors (Lipinski definition) is 2. The fourth-order valence-corrected chi connectivity index (χ4v) is 1.42. The summed E-state index contributed by atoms with van der Waals surface area (Å²) in [5.41, 5.74) is 1.45. The van der Waals surface area contributed by atoms with E-state index in [1.54, 1.807) is 6.26 Å². The lowest BCUT2D eigenvalue weighted by Gasteiger charge is -2.27. The smallest absolute Gasteiger partial charge is 0.0120 e. The van der Waals surface area contributed by atoms with Crippen molar-refractivity contribution < 1.29 is 0 Å². The molecule has 1 heterocycles. The zero-order chi connectivity index (χ0) is 9.52. The van der Waals surface area contributed by atoms with E-state index in [9.17, 15) is 0 Å². The van der Waals surface area contributed by atoms with Gasteiger partial charge in [0, 0.05) is 6.04 Å². The molecule has 1 unspecified atom stereocenters. The molecular weight excluding hydrogens is 178 g/mol. The van der Waals surface area contributed by atoms with Gasteiger partial charge in [-0.3, -0.25) is 0 Å². The van der Waals surface area contributed by atoms with Crippen molar-refractivity contribution in [3.63, 3.8) is 0 Å².